The summed E-state index contributed by atoms with van der Waals surface area (Å²) in [7, 11) is 0. The lowest BCUT2D eigenvalue weighted by Crippen LogP contribution is -2.18. The molecule has 1 fully saturated rings. The molecule has 0 aliphatic heterocycles. The Morgan fingerprint density at radius 2 is 2.08 bits per heavy atom. The number of rotatable bonds is 6. The Bertz CT molecular complexity index is 784. The van der Waals surface area contributed by atoms with Gasteiger partial charge in [-0.1, -0.05) is 11.6 Å². The topological polar surface area (TPSA) is 93.5 Å². The van der Waals surface area contributed by atoms with Gasteiger partial charge in [-0.2, -0.15) is 5.10 Å². The summed E-state index contributed by atoms with van der Waals surface area (Å²) in [5, 5.41) is 15.8. The lowest BCUT2D eigenvalue weighted by Gasteiger charge is -2.16. The van der Waals surface area contributed by atoms with Crippen LogP contribution in [0.3, 0.4) is 0 Å². The van der Waals surface area contributed by atoms with Crippen LogP contribution >= 0.6 is 11.6 Å². The molecule has 1 aromatic carbocycles. The van der Waals surface area contributed by atoms with Gasteiger partial charge in [-0.25, -0.2) is 0 Å². The number of hydrogen-bond acceptors (Lipinski definition) is 4. The van der Waals surface area contributed by atoms with Crippen LogP contribution in [0.4, 0.5) is 5.82 Å². The molecule has 0 radical (unpaired) electrons. The van der Waals surface area contributed by atoms with Crippen LogP contribution in [0.1, 0.15) is 36.0 Å². The molecule has 2 N–H and O–H groups in total. The third-order valence-electron chi connectivity index (χ3n) is 3.96. The molecule has 132 valence electrons. The molecule has 0 unspecified atom stereocenters. The van der Waals surface area contributed by atoms with Gasteiger partial charge in [0, 0.05) is 17.3 Å². The Labute approximate surface area is 149 Å². The van der Waals surface area contributed by atoms with Crippen molar-refractivity contribution >= 4 is 29.3 Å². The van der Waals surface area contributed by atoms with Crippen LogP contribution < -0.4 is 10.1 Å². The predicted octanol–water partition coefficient (Wildman–Crippen LogP) is 3.19. The highest BCUT2D eigenvalue weighted by Crippen LogP contribution is 2.29. The third kappa shape index (κ3) is 4.51. The van der Waals surface area contributed by atoms with E-state index in [9.17, 15) is 9.59 Å². The molecule has 1 saturated carbocycles. The summed E-state index contributed by atoms with van der Waals surface area (Å²) in [6.07, 6.45) is 5.80. The van der Waals surface area contributed by atoms with E-state index in [1.807, 2.05) is 0 Å². The maximum Gasteiger partial charge on any atom is 0.325 e. The van der Waals surface area contributed by atoms with Gasteiger partial charge in [0.15, 0.2) is 5.82 Å². The molecular formula is C17H18ClN3O4. The lowest BCUT2D eigenvalue weighted by molar-refractivity contribution is -0.137. The quantitative estimate of drug-likeness (QED) is 0.822. The number of hydrogen-bond donors (Lipinski definition) is 2. The SMILES string of the molecule is O=C(O)Cn1ccc(NC(=O)c2cc(Cl)ccc2OC2CCCC2)n1. The fourth-order valence-electron chi connectivity index (χ4n) is 2.81. The Balaban J connectivity index is 1.75. The molecule has 1 aromatic heterocycles. The van der Waals surface area contributed by atoms with Crippen LogP contribution in [0.15, 0.2) is 30.5 Å². The summed E-state index contributed by atoms with van der Waals surface area (Å²) in [6.45, 7) is -0.275. The zero-order valence-electron chi connectivity index (χ0n) is 13.4. The van der Waals surface area contributed by atoms with Crippen molar-refractivity contribution in [3.8, 4) is 5.75 Å². The molecule has 0 bridgehead atoms. The smallest absolute Gasteiger partial charge is 0.325 e. The van der Waals surface area contributed by atoms with E-state index in [1.54, 1.807) is 18.2 Å². The highest BCUT2D eigenvalue weighted by atomic mass is 35.5. The second-order valence-corrected chi connectivity index (χ2v) is 6.35. The van der Waals surface area contributed by atoms with Gasteiger partial charge in [0.1, 0.15) is 12.3 Å². The summed E-state index contributed by atoms with van der Waals surface area (Å²) in [6, 6.07) is 6.46. The fourth-order valence-corrected chi connectivity index (χ4v) is 2.98. The maximum atomic E-state index is 12.6. The molecule has 1 amide bonds. The molecule has 0 spiro atoms. The molecule has 1 aliphatic carbocycles. The first-order valence-corrected chi connectivity index (χ1v) is 8.42. The second kappa shape index (κ2) is 7.57. The van der Waals surface area contributed by atoms with Gasteiger partial charge >= 0.3 is 5.97 Å². The fraction of sp³-hybridized carbons (Fsp3) is 0.353. The predicted molar refractivity (Wildman–Crippen MR) is 92.2 cm³/mol. The van der Waals surface area contributed by atoms with Crippen molar-refractivity contribution in [1.82, 2.24) is 9.78 Å². The van der Waals surface area contributed by atoms with Gasteiger partial charge in [-0.15, -0.1) is 0 Å². The van der Waals surface area contributed by atoms with Crippen LogP contribution in [0.5, 0.6) is 5.75 Å². The number of carboxylic acid groups (broad SMARTS) is 1. The van der Waals surface area contributed by atoms with Crippen LogP contribution in [-0.2, 0) is 11.3 Å². The normalized spacial score (nSPS) is 14.4. The zero-order chi connectivity index (χ0) is 17.8. The molecule has 25 heavy (non-hydrogen) atoms. The number of nitrogens with zero attached hydrogens (tertiary/aromatic N) is 2. The number of benzene rings is 1. The number of halogens is 1. The first-order valence-electron chi connectivity index (χ1n) is 8.04. The molecular weight excluding hydrogens is 346 g/mol. The van der Waals surface area contributed by atoms with Gasteiger partial charge in [0.2, 0.25) is 0 Å². The Kier molecular flexibility index (Phi) is 5.23. The van der Waals surface area contributed by atoms with E-state index in [4.69, 9.17) is 21.4 Å². The van der Waals surface area contributed by atoms with Crippen molar-refractivity contribution in [2.24, 2.45) is 0 Å². The van der Waals surface area contributed by atoms with E-state index in [0.29, 0.717) is 16.3 Å². The highest BCUT2D eigenvalue weighted by Gasteiger charge is 2.21. The molecule has 1 aliphatic rings. The number of carboxylic acids is 1. The number of carbonyl (C=O) groups excluding carboxylic acids is 1. The van der Waals surface area contributed by atoms with Crippen molar-refractivity contribution in [3.63, 3.8) is 0 Å². The number of nitrogens with one attached hydrogen (secondary N) is 1. The summed E-state index contributed by atoms with van der Waals surface area (Å²) < 4.78 is 7.18. The number of carbonyl (C=O) groups is 2. The minimum atomic E-state index is -1.01. The first kappa shape index (κ1) is 17.3. The van der Waals surface area contributed by atoms with Crippen LogP contribution in [0.2, 0.25) is 5.02 Å². The third-order valence-corrected chi connectivity index (χ3v) is 4.20. The van der Waals surface area contributed by atoms with Crippen molar-refractivity contribution in [2.45, 2.75) is 38.3 Å². The Morgan fingerprint density at radius 1 is 1.32 bits per heavy atom. The number of amides is 1. The van der Waals surface area contributed by atoms with Gasteiger partial charge < -0.3 is 15.2 Å². The molecule has 3 rings (SSSR count). The largest absolute Gasteiger partial charge is 0.490 e. The van der Waals surface area contributed by atoms with E-state index in [0.717, 1.165) is 25.7 Å². The molecule has 8 heteroatoms. The summed E-state index contributed by atoms with van der Waals surface area (Å²) in [5.74, 6) is -0.670. The summed E-state index contributed by atoms with van der Waals surface area (Å²) in [5.41, 5.74) is 0.326. The summed E-state index contributed by atoms with van der Waals surface area (Å²) in [4.78, 5) is 23.3. The van der Waals surface area contributed by atoms with E-state index >= 15 is 0 Å². The van der Waals surface area contributed by atoms with Crippen molar-refractivity contribution in [1.29, 1.82) is 0 Å². The van der Waals surface area contributed by atoms with E-state index in [1.165, 1.54) is 16.9 Å². The van der Waals surface area contributed by atoms with E-state index in [2.05, 4.69) is 10.4 Å². The standard InChI is InChI=1S/C17H18ClN3O4/c18-11-5-6-14(25-12-3-1-2-4-12)13(9-11)17(24)19-15-7-8-21(20-15)10-16(22)23/h5-9,12H,1-4,10H2,(H,22,23)(H,19,20,24). The number of anilines is 1. The minimum absolute atomic E-state index is 0.113. The van der Waals surface area contributed by atoms with Crippen molar-refractivity contribution < 1.29 is 19.4 Å². The first-order chi connectivity index (χ1) is 12.0. The van der Waals surface area contributed by atoms with E-state index < -0.39 is 11.9 Å². The van der Waals surface area contributed by atoms with E-state index in [-0.39, 0.29) is 18.5 Å². The van der Waals surface area contributed by atoms with Gasteiger partial charge in [-0.3, -0.25) is 14.3 Å². The monoisotopic (exact) mass is 363 g/mol. The lowest BCUT2D eigenvalue weighted by atomic mass is 10.1. The van der Waals surface area contributed by atoms with Gasteiger partial charge in [0.05, 0.1) is 11.7 Å². The second-order valence-electron chi connectivity index (χ2n) is 5.91. The summed E-state index contributed by atoms with van der Waals surface area (Å²) >= 11 is 6.02. The number of aromatic nitrogens is 2. The molecule has 7 nitrogen and oxygen atoms in total. The number of aliphatic carboxylic acids is 1. The Morgan fingerprint density at radius 3 is 2.80 bits per heavy atom. The Hall–Kier alpha value is -2.54. The maximum absolute atomic E-state index is 12.6. The molecule has 0 saturated heterocycles. The highest BCUT2D eigenvalue weighted by molar-refractivity contribution is 6.31. The molecule has 1 heterocycles. The van der Waals surface area contributed by atoms with Crippen LogP contribution in [0.25, 0.3) is 0 Å². The van der Waals surface area contributed by atoms with Gasteiger partial charge in [0.25, 0.3) is 5.91 Å². The average molecular weight is 364 g/mol. The van der Waals surface area contributed by atoms with Crippen molar-refractivity contribution in [2.75, 3.05) is 5.32 Å². The van der Waals surface area contributed by atoms with Crippen LogP contribution in [0, 0.1) is 0 Å². The average Bonchev–Trinajstić information content (AvgIpc) is 3.20. The number of ether oxygens (including phenoxy) is 1. The van der Waals surface area contributed by atoms with Crippen LogP contribution in [-0.4, -0.2) is 32.9 Å². The van der Waals surface area contributed by atoms with Crippen molar-refractivity contribution in [3.05, 3.63) is 41.0 Å². The molecule has 2 aromatic rings. The van der Waals surface area contributed by atoms with Gasteiger partial charge in [-0.05, 0) is 43.9 Å². The minimum Gasteiger partial charge on any atom is -0.490 e. The molecule has 0 atom stereocenters. The zero-order valence-corrected chi connectivity index (χ0v) is 14.2.